The van der Waals surface area contributed by atoms with Gasteiger partial charge in [-0.25, -0.2) is 9.59 Å². The quantitative estimate of drug-likeness (QED) is 0.589. The number of aromatic nitrogens is 4. The van der Waals surface area contributed by atoms with Crippen LogP contribution < -0.4 is 21.5 Å². The number of fused-ring (bicyclic) bond motifs is 1. The zero-order valence-corrected chi connectivity index (χ0v) is 18.1. The van der Waals surface area contributed by atoms with E-state index in [1.54, 1.807) is 17.6 Å². The highest BCUT2D eigenvalue weighted by molar-refractivity contribution is 5.82. The minimum absolute atomic E-state index is 0.0692. The van der Waals surface area contributed by atoms with Gasteiger partial charge in [0, 0.05) is 33.2 Å². The molecule has 10 nitrogen and oxygen atoms in total. The molecule has 10 heteroatoms. The molecule has 1 aliphatic heterocycles. The lowest BCUT2D eigenvalue weighted by Gasteiger charge is -2.29. The number of para-hydroxylation sites is 1. The van der Waals surface area contributed by atoms with Crippen molar-refractivity contribution >= 4 is 29.2 Å². The number of nitrogens with zero attached hydrogens (tertiary/aromatic N) is 5. The number of carboxylic acids is 1. The zero-order valence-electron chi connectivity index (χ0n) is 18.1. The summed E-state index contributed by atoms with van der Waals surface area (Å²) in [4.78, 5) is 45.1. The summed E-state index contributed by atoms with van der Waals surface area (Å²) >= 11 is 0. The molecule has 2 aromatic heterocycles. The number of aliphatic carboxylic acids is 1. The van der Waals surface area contributed by atoms with Crippen molar-refractivity contribution < 1.29 is 9.90 Å². The predicted octanol–water partition coefficient (Wildman–Crippen LogP) is 0.974. The van der Waals surface area contributed by atoms with Crippen LogP contribution in [0.5, 0.6) is 0 Å². The fourth-order valence-electron chi connectivity index (χ4n) is 4.17. The number of hydrogen-bond acceptors (Lipinski definition) is 6. The molecule has 1 unspecified atom stereocenters. The normalized spacial score (nSPS) is 15.1. The number of imidazole rings is 1. The number of benzene rings is 1. The van der Waals surface area contributed by atoms with Crippen LogP contribution in [-0.4, -0.2) is 55.9 Å². The van der Waals surface area contributed by atoms with Gasteiger partial charge in [0.15, 0.2) is 11.2 Å². The van der Waals surface area contributed by atoms with Crippen LogP contribution in [0.25, 0.3) is 22.9 Å². The molecule has 0 saturated carbocycles. The Hall–Kier alpha value is -3.66. The van der Waals surface area contributed by atoms with Gasteiger partial charge in [-0.2, -0.15) is 4.98 Å². The minimum atomic E-state index is -1.15. The molecule has 1 aromatic carbocycles. The third-order valence-corrected chi connectivity index (χ3v) is 5.85. The van der Waals surface area contributed by atoms with E-state index in [-0.39, 0.29) is 17.6 Å². The van der Waals surface area contributed by atoms with Gasteiger partial charge in [-0.3, -0.25) is 18.5 Å². The van der Waals surface area contributed by atoms with E-state index in [1.807, 2.05) is 29.2 Å². The van der Waals surface area contributed by atoms with E-state index >= 15 is 0 Å². The predicted molar refractivity (Wildman–Crippen MR) is 123 cm³/mol. The second-order valence-electron chi connectivity index (χ2n) is 7.70. The molecule has 1 aliphatic rings. The first-order chi connectivity index (χ1) is 15.4. The molecule has 3 aromatic rings. The van der Waals surface area contributed by atoms with Crippen molar-refractivity contribution in [3.05, 3.63) is 57.2 Å². The van der Waals surface area contributed by atoms with E-state index in [2.05, 4.69) is 11.9 Å². The van der Waals surface area contributed by atoms with Crippen LogP contribution in [0.1, 0.15) is 24.9 Å². The Morgan fingerprint density at radius 3 is 2.59 bits per heavy atom. The largest absolute Gasteiger partial charge is 0.480 e. The van der Waals surface area contributed by atoms with Crippen molar-refractivity contribution in [1.82, 2.24) is 24.0 Å². The van der Waals surface area contributed by atoms with Crippen molar-refractivity contribution in [2.75, 3.05) is 31.1 Å². The summed E-state index contributed by atoms with van der Waals surface area (Å²) in [6.07, 6.45) is 1.86. The molecular weight excluding hydrogens is 412 g/mol. The Kier molecular flexibility index (Phi) is 5.70. The number of piperazine rings is 1. The summed E-state index contributed by atoms with van der Waals surface area (Å²) in [6, 6.07) is 6.30. The molecule has 3 heterocycles. The highest BCUT2D eigenvalue weighted by Gasteiger charge is 2.30. The molecule has 0 spiro atoms. The Balaban J connectivity index is 2.19. The summed E-state index contributed by atoms with van der Waals surface area (Å²) in [6.45, 7) is 8.36. The van der Waals surface area contributed by atoms with Crippen LogP contribution in [0.15, 0.2) is 40.4 Å². The standard InChI is InChI=1S/C22H26N6O4/c1-4-14-8-6-7-9-16(14)27-17-18(24-21(27)26-12-10-23-11-13-26)28(15(5-2)20(30)31)22(32)25(3)19(17)29/h4,6-9,15,23H,1,5,10-13H2,2-3H3,(H,30,31). The van der Waals surface area contributed by atoms with Crippen LogP contribution in [-0.2, 0) is 11.8 Å². The summed E-state index contributed by atoms with van der Waals surface area (Å²) in [5, 5.41) is 13.1. The summed E-state index contributed by atoms with van der Waals surface area (Å²) in [7, 11) is 1.36. The number of nitrogens with one attached hydrogen (secondary N) is 1. The van der Waals surface area contributed by atoms with Gasteiger partial charge in [-0.05, 0) is 18.1 Å². The second-order valence-corrected chi connectivity index (χ2v) is 7.70. The van der Waals surface area contributed by atoms with Crippen molar-refractivity contribution in [3.63, 3.8) is 0 Å². The van der Waals surface area contributed by atoms with Crippen molar-refractivity contribution in [3.8, 4) is 5.69 Å². The molecule has 1 saturated heterocycles. The lowest BCUT2D eigenvalue weighted by molar-refractivity contribution is -0.141. The van der Waals surface area contributed by atoms with E-state index in [0.717, 1.165) is 27.8 Å². The van der Waals surface area contributed by atoms with Crippen LogP contribution in [0.2, 0.25) is 0 Å². The highest BCUT2D eigenvalue weighted by Crippen LogP contribution is 2.29. The lowest BCUT2D eigenvalue weighted by atomic mass is 10.1. The van der Waals surface area contributed by atoms with E-state index in [4.69, 9.17) is 4.98 Å². The molecule has 1 atom stereocenters. The lowest BCUT2D eigenvalue weighted by Crippen LogP contribution is -2.44. The van der Waals surface area contributed by atoms with Crippen LogP contribution in [0, 0.1) is 0 Å². The number of carboxylic acid groups (broad SMARTS) is 1. The Morgan fingerprint density at radius 1 is 1.28 bits per heavy atom. The average Bonchev–Trinajstić information content (AvgIpc) is 3.20. The molecule has 0 radical (unpaired) electrons. The van der Waals surface area contributed by atoms with Gasteiger partial charge in [0.1, 0.15) is 6.04 Å². The van der Waals surface area contributed by atoms with E-state index in [9.17, 15) is 19.5 Å². The highest BCUT2D eigenvalue weighted by atomic mass is 16.4. The number of anilines is 1. The first-order valence-electron chi connectivity index (χ1n) is 10.5. The van der Waals surface area contributed by atoms with Crippen LogP contribution >= 0.6 is 0 Å². The molecule has 0 aliphatic carbocycles. The maximum atomic E-state index is 13.4. The number of hydrogen-bond donors (Lipinski definition) is 2. The van der Waals surface area contributed by atoms with Gasteiger partial charge >= 0.3 is 11.7 Å². The maximum Gasteiger partial charge on any atom is 0.333 e. The van der Waals surface area contributed by atoms with E-state index in [1.165, 1.54) is 7.05 Å². The fraction of sp³-hybridized carbons (Fsp3) is 0.364. The third kappa shape index (κ3) is 3.32. The molecule has 2 N–H and O–H groups in total. The molecule has 168 valence electrons. The third-order valence-electron chi connectivity index (χ3n) is 5.85. The second kappa shape index (κ2) is 8.46. The Bertz CT molecular complexity index is 1310. The van der Waals surface area contributed by atoms with Crippen LogP contribution in [0.4, 0.5) is 5.95 Å². The van der Waals surface area contributed by atoms with E-state index < -0.39 is 23.3 Å². The SMILES string of the molecule is C=Cc1ccccc1-n1c(N2CCNCC2)nc2c1c(=O)n(C)c(=O)n2C(CC)C(=O)O. The zero-order chi connectivity index (χ0) is 23.0. The van der Waals surface area contributed by atoms with Crippen molar-refractivity contribution in [2.24, 2.45) is 7.05 Å². The van der Waals surface area contributed by atoms with Crippen molar-refractivity contribution in [2.45, 2.75) is 19.4 Å². The van der Waals surface area contributed by atoms with Gasteiger partial charge < -0.3 is 15.3 Å². The minimum Gasteiger partial charge on any atom is -0.480 e. The fourth-order valence-corrected chi connectivity index (χ4v) is 4.17. The number of carbonyl (C=O) groups is 1. The summed E-state index contributed by atoms with van der Waals surface area (Å²) in [5.41, 5.74) is 0.464. The molecule has 1 fully saturated rings. The summed E-state index contributed by atoms with van der Waals surface area (Å²) < 4.78 is 3.80. The van der Waals surface area contributed by atoms with Crippen molar-refractivity contribution in [1.29, 1.82) is 0 Å². The number of rotatable bonds is 6. The summed E-state index contributed by atoms with van der Waals surface area (Å²) in [5.74, 6) is -0.660. The monoisotopic (exact) mass is 438 g/mol. The van der Waals surface area contributed by atoms with Gasteiger partial charge in [0.05, 0.1) is 5.69 Å². The first kappa shape index (κ1) is 21.6. The van der Waals surface area contributed by atoms with Gasteiger partial charge in [-0.1, -0.05) is 37.8 Å². The Morgan fingerprint density at radius 2 is 1.97 bits per heavy atom. The smallest absolute Gasteiger partial charge is 0.333 e. The Labute approximate surface area is 184 Å². The molecule has 4 rings (SSSR count). The molecule has 0 bridgehead atoms. The van der Waals surface area contributed by atoms with Crippen LogP contribution in [0.3, 0.4) is 0 Å². The maximum absolute atomic E-state index is 13.4. The molecule has 32 heavy (non-hydrogen) atoms. The van der Waals surface area contributed by atoms with Gasteiger partial charge in [-0.15, -0.1) is 0 Å². The van der Waals surface area contributed by atoms with E-state index in [0.29, 0.717) is 24.7 Å². The van der Waals surface area contributed by atoms with Gasteiger partial charge in [0.25, 0.3) is 5.56 Å². The first-order valence-corrected chi connectivity index (χ1v) is 10.5. The molecular formula is C22H26N6O4. The average molecular weight is 438 g/mol. The topological polar surface area (TPSA) is 114 Å². The van der Waals surface area contributed by atoms with Gasteiger partial charge in [0.2, 0.25) is 5.95 Å². The molecule has 0 amide bonds.